The lowest BCUT2D eigenvalue weighted by Crippen LogP contribution is -2.33. The highest BCUT2D eigenvalue weighted by Gasteiger charge is 2.18. The normalized spacial score (nSPS) is 16.6. The van der Waals surface area contributed by atoms with Crippen molar-refractivity contribution in [1.29, 1.82) is 5.26 Å². The molecule has 0 aromatic heterocycles. The van der Waals surface area contributed by atoms with Crippen LogP contribution in [0.4, 0.5) is 0 Å². The number of rotatable bonds is 3. The second-order valence-corrected chi connectivity index (χ2v) is 5.90. The molecule has 102 valence electrons. The van der Waals surface area contributed by atoms with Crippen LogP contribution in [-0.2, 0) is 6.54 Å². The van der Waals surface area contributed by atoms with E-state index in [0.29, 0.717) is 0 Å². The highest BCUT2D eigenvalue weighted by molar-refractivity contribution is 5.42. The summed E-state index contributed by atoms with van der Waals surface area (Å²) >= 11 is 0. The van der Waals surface area contributed by atoms with Gasteiger partial charge < -0.3 is 0 Å². The van der Waals surface area contributed by atoms with Crippen LogP contribution in [0, 0.1) is 25.2 Å². The summed E-state index contributed by atoms with van der Waals surface area (Å²) < 4.78 is 0. The zero-order valence-electron chi connectivity index (χ0n) is 12.4. The molecule has 0 amide bonds. The summed E-state index contributed by atoms with van der Waals surface area (Å²) in [6.45, 7) is 5.23. The maximum absolute atomic E-state index is 9.10. The largest absolute Gasteiger partial charge is 0.299 e. The van der Waals surface area contributed by atoms with Gasteiger partial charge in [0, 0.05) is 12.6 Å². The SMILES string of the molecule is Cc1cc(C#N)cc(CN(C)C2CCCCC2)c1C. The third-order valence-electron chi connectivity index (χ3n) is 4.52. The quantitative estimate of drug-likeness (QED) is 0.819. The van der Waals surface area contributed by atoms with Crippen LogP contribution in [-0.4, -0.2) is 18.0 Å². The molecule has 0 heterocycles. The molecule has 1 aliphatic carbocycles. The molecule has 0 radical (unpaired) electrons. The van der Waals surface area contributed by atoms with Gasteiger partial charge in [-0.3, -0.25) is 4.90 Å². The molecular formula is C17H24N2. The van der Waals surface area contributed by atoms with Crippen molar-refractivity contribution in [1.82, 2.24) is 4.90 Å². The summed E-state index contributed by atoms with van der Waals surface area (Å²) in [6.07, 6.45) is 6.78. The Morgan fingerprint density at radius 1 is 1.21 bits per heavy atom. The predicted molar refractivity (Wildman–Crippen MR) is 79.0 cm³/mol. The van der Waals surface area contributed by atoms with Crippen LogP contribution in [0.1, 0.15) is 54.4 Å². The Labute approximate surface area is 117 Å². The van der Waals surface area contributed by atoms with Crippen molar-refractivity contribution in [2.24, 2.45) is 0 Å². The highest BCUT2D eigenvalue weighted by atomic mass is 15.1. The molecule has 2 nitrogen and oxygen atoms in total. The number of aryl methyl sites for hydroxylation is 1. The van der Waals surface area contributed by atoms with E-state index in [1.54, 1.807) is 0 Å². The fourth-order valence-corrected chi connectivity index (χ4v) is 3.08. The zero-order valence-corrected chi connectivity index (χ0v) is 12.4. The van der Waals surface area contributed by atoms with Crippen molar-refractivity contribution in [3.63, 3.8) is 0 Å². The maximum Gasteiger partial charge on any atom is 0.0991 e. The van der Waals surface area contributed by atoms with E-state index >= 15 is 0 Å². The van der Waals surface area contributed by atoms with Crippen molar-refractivity contribution < 1.29 is 0 Å². The van der Waals surface area contributed by atoms with Gasteiger partial charge in [-0.25, -0.2) is 0 Å². The van der Waals surface area contributed by atoms with E-state index in [2.05, 4.69) is 37.9 Å². The summed E-state index contributed by atoms with van der Waals surface area (Å²) in [4.78, 5) is 2.47. The van der Waals surface area contributed by atoms with E-state index in [1.165, 1.54) is 48.8 Å². The highest BCUT2D eigenvalue weighted by Crippen LogP contribution is 2.24. The van der Waals surface area contributed by atoms with Gasteiger partial charge >= 0.3 is 0 Å². The molecule has 19 heavy (non-hydrogen) atoms. The second kappa shape index (κ2) is 6.21. The van der Waals surface area contributed by atoms with Crippen LogP contribution in [0.25, 0.3) is 0 Å². The summed E-state index contributed by atoms with van der Waals surface area (Å²) in [7, 11) is 2.23. The van der Waals surface area contributed by atoms with Gasteiger partial charge in [0.2, 0.25) is 0 Å². The van der Waals surface area contributed by atoms with Crippen LogP contribution >= 0.6 is 0 Å². The lowest BCUT2D eigenvalue weighted by Gasteiger charge is -2.31. The van der Waals surface area contributed by atoms with E-state index in [-0.39, 0.29) is 0 Å². The topological polar surface area (TPSA) is 27.0 Å². The van der Waals surface area contributed by atoms with E-state index in [4.69, 9.17) is 5.26 Å². The number of nitrogens with zero attached hydrogens (tertiary/aromatic N) is 2. The first kappa shape index (κ1) is 14.1. The molecule has 2 rings (SSSR count). The molecule has 0 atom stereocenters. The van der Waals surface area contributed by atoms with Crippen molar-refractivity contribution in [2.75, 3.05) is 7.05 Å². The Morgan fingerprint density at radius 3 is 2.53 bits per heavy atom. The molecule has 1 aliphatic rings. The third-order valence-corrected chi connectivity index (χ3v) is 4.52. The van der Waals surface area contributed by atoms with Gasteiger partial charge in [0.05, 0.1) is 11.6 Å². The Balaban J connectivity index is 2.13. The van der Waals surface area contributed by atoms with Gasteiger partial charge in [-0.2, -0.15) is 5.26 Å². The third kappa shape index (κ3) is 3.36. The van der Waals surface area contributed by atoms with Crippen molar-refractivity contribution in [2.45, 2.75) is 58.5 Å². The van der Waals surface area contributed by atoms with Gasteiger partial charge in [0.1, 0.15) is 0 Å². The Hall–Kier alpha value is -1.33. The fraction of sp³-hybridized carbons (Fsp3) is 0.588. The number of hydrogen-bond donors (Lipinski definition) is 0. The minimum atomic E-state index is 0.721. The van der Waals surface area contributed by atoms with Gasteiger partial charge in [0.15, 0.2) is 0 Å². The summed E-state index contributed by atoms with van der Waals surface area (Å²) in [5.74, 6) is 0. The first-order valence-corrected chi connectivity index (χ1v) is 7.32. The molecular weight excluding hydrogens is 232 g/mol. The van der Waals surface area contributed by atoms with E-state index < -0.39 is 0 Å². The molecule has 1 saturated carbocycles. The minimum absolute atomic E-state index is 0.721. The average Bonchev–Trinajstić information content (AvgIpc) is 2.44. The molecule has 0 bridgehead atoms. The monoisotopic (exact) mass is 256 g/mol. The van der Waals surface area contributed by atoms with E-state index in [1.807, 2.05) is 6.07 Å². The van der Waals surface area contributed by atoms with Crippen molar-refractivity contribution in [3.8, 4) is 6.07 Å². The average molecular weight is 256 g/mol. The predicted octanol–water partition coefficient (Wildman–Crippen LogP) is 3.94. The molecule has 0 aliphatic heterocycles. The molecule has 0 saturated heterocycles. The van der Waals surface area contributed by atoms with Crippen molar-refractivity contribution in [3.05, 3.63) is 34.4 Å². The van der Waals surface area contributed by atoms with Crippen LogP contribution in [0.3, 0.4) is 0 Å². The van der Waals surface area contributed by atoms with Crippen LogP contribution in [0.2, 0.25) is 0 Å². The molecule has 2 heteroatoms. The van der Waals surface area contributed by atoms with Crippen LogP contribution < -0.4 is 0 Å². The molecule has 1 aromatic carbocycles. The summed E-state index contributed by atoms with van der Waals surface area (Å²) in [5, 5.41) is 9.10. The summed E-state index contributed by atoms with van der Waals surface area (Å²) in [6, 6.07) is 7.03. The van der Waals surface area contributed by atoms with Gasteiger partial charge in [-0.1, -0.05) is 19.3 Å². The summed E-state index contributed by atoms with van der Waals surface area (Å²) in [5.41, 5.74) is 4.66. The molecule has 1 aromatic rings. The first-order valence-electron chi connectivity index (χ1n) is 7.32. The Morgan fingerprint density at radius 2 is 1.89 bits per heavy atom. The molecule has 0 N–H and O–H groups in total. The number of benzene rings is 1. The standard InChI is InChI=1S/C17H24N2/c1-13-9-15(11-18)10-16(14(13)2)12-19(3)17-7-5-4-6-8-17/h9-10,17H,4-8,12H2,1-3H3. The number of nitriles is 1. The minimum Gasteiger partial charge on any atom is -0.299 e. The van der Waals surface area contributed by atoms with Crippen LogP contribution in [0.15, 0.2) is 12.1 Å². The van der Waals surface area contributed by atoms with Crippen LogP contribution in [0.5, 0.6) is 0 Å². The molecule has 1 fully saturated rings. The molecule has 0 unspecified atom stereocenters. The maximum atomic E-state index is 9.10. The molecule has 0 spiro atoms. The fourth-order valence-electron chi connectivity index (χ4n) is 3.08. The van der Waals surface area contributed by atoms with E-state index in [0.717, 1.165) is 18.2 Å². The lowest BCUT2D eigenvalue weighted by atomic mass is 9.93. The smallest absolute Gasteiger partial charge is 0.0991 e. The van der Waals surface area contributed by atoms with E-state index in [9.17, 15) is 0 Å². The van der Waals surface area contributed by atoms with Gasteiger partial charge in [0.25, 0.3) is 0 Å². The van der Waals surface area contributed by atoms with Gasteiger partial charge in [-0.15, -0.1) is 0 Å². The number of hydrogen-bond acceptors (Lipinski definition) is 2. The Bertz CT molecular complexity index is 479. The second-order valence-electron chi connectivity index (χ2n) is 5.90. The van der Waals surface area contributed by atoms with Crippen molar-refractivity contribution >= 4 is 0 Å². The zero-order chi connectivity index (χ0) is 13.8. The lowest BCUT2D eigenvalue weighted by molar-refractivity contribution is 0.184. The first-order chi connectivity index (χ1) is 9.11. The van der Waals surface area contributed by atoms with Gasteiger partial charge in [-0.05, 0) is 62.6 Å². The Kier molecular flexibility index (Phi) is 4.61.